The van der Waals surface area contributed by atoms with Crippen molar-refractivity contribution in [3.8, 4) is 0 Å². The number of thioether (sulfide) groups is 1. The van der Waals surface area contributed by atoms with Crippen LogP contribution in [0.25, 0.3) is 0 Å². The summed E-state index contributed by atoms with van der Waals surface area (Å²) in [6.07, 6.45) is 3.58. The summed E-state index contributed by atoms with van der Waals surface area (Å²) >= 11 is 1.82. The third kappa shape index (κ3) is 4.18. The van der Waals surface area contributed by atoms with Gasteiger partial charge in [-0.05, 0) is 30.4 Å². The minimum absolute atomic E-state index is 0.0783. The van der Waals surface area contributed by atoms with Crippen LogP contribution in [-0.2, 0) is 4.79 Å². The van der Waals surface area contributed by atoms with Crippen LogP contribution in [0, 0.1) is 5.41 Å². The molecular weight excluding hydrogens is 234 g/mol. The van der Waals surface area contributed by atoms with Crippen LogP contribution in [0.3, 0.4) is 0 Å². The van der Waals surface area contributed by atoms with E-state index in [1.54, 1.807) is 0 Å². The highest BCUT2D eigenvalue weighted by Gasteiger charge is 2.33. The first-order valence-electron chi connectivity index (χ1n) is 6.64. The van der Waals surface area contributed by atoms with Crippen LogP contribution in [-0.4, -0.2) is 47.1 Å². The maximum Gasteiger partial charge on any atom is 0.223 e. The Morgan fingerprint density at radius 3 is 2.47 bits per heavy atom. The fourth-order valence-electron chi connectivity index (χ4n) is 2.32. The van der Waals surface area contributed by atoms with Gasteiger partial charge in [-0.15, -0.1) is 0 Å². The summed E-state index contributed by atoms with van der Waals surface area (Å²) in [5.74, 6) is 2.30. The van der Waals surface area contributed by atoms with Gasteiger partial charge in [-0.1, -0.05) is 13.8 Å². The summed E-state index contributed by atoms with van der Waals surface area (Å²) in [7, 11) is 0. The second kappa shape index (κ2) is 7.27. The van der Waals surface area contributed by atoms with Gasteiger partial charge >= 0.3 is 0 Å². The Morgan fingerprint density at radius 1 is 1.35 bits per heavy atom. The normalized spacial score (nSPS) is 19.4. The van der Waals surface area contributed by atoms with Crippen LogP contribution < -0.4 is 0 Å². The highest BCUT2D eigenvalue weighted by atomic mass is 32.2. The number of hydrogen-bond donors (Lipinski definition) is 1. The minimum Gasteiger partial charge on any atom is -0.396 e. The van der Waals surface area contributed by atoms with Crippen molar-refractivity contribution in [3.05, 3.63) is 0 Å². The Kier molecular flexibility index (Phi) is 6.34. The lowest BCUT2D eigenvalue weighted by Crippen LogP contribution is -2.44. The van der Waals surface area contributed by atoms with E-state index < -0.39 is 0 Å². The van der Waals surface area contributed by atoms with E-state index in [4.69, 9.17) is 0 Å². The highest BCUT2D eigenvalue weighted by Crippen LogP contribution is 2.34. The summed E-state index contributed by atoms with van der Waals surface area (Å²) in [6, 6.07) is 0. The molecule has 3 nitrogen and oxygen atoms in total. The van der Waals surface area contributed by atoms with Crippen molar-refractivity contribution in [3.63, 3.8) is 0 Å². The molecule has 0 aliphatic carbocycles. The molecule has 1 saturated heterocycles. The predicted octanol–water partition coefficient (Wildman–Crippen LogP) is 2.14. The first kappa shape index (κ1) is 14.8. The number of carbonyl (C=O) groups is 1. The second-order valence-electron chi connectivity index (χ2n) is 4.84. The van der Waals surface area contributed by atoms with Gasteiger partial charge in [-0.3, -0.25) is 4.79 Å². The van der Waals surface area contributed by atoms with Gasteiger partial charge in [-0.25, -0.2) is 0 Å². The fraction of sp³-hybridized carbons (Fsp3) is 0.923. The number of nitrogens with zero attached hydrogens (tertiary/aromatic N) is 1. The standard InChI is InChI=1S/C13H25NO2S/c1-3-13(11-15)6-8-14(9-7-13)12(16)5-10-17-4-2/h15H,3-11H2,1-2H3. The molecule has 1 amide bonds. The van der Waals surface area contributed by atoms with Crippen LogP contribution in [0.15, 0.2) is 0 Å². The van der Waals surface area contributed by atoms with E-state index in [1.165, 1.54) is 0 Å². The van der Waals surface area contributed by atoms with Crippen LogP contribution in [0.1, 0.15) is 39.5 Å². The number of likely N-dealkylation sites (tertiary alicyclic amines) is 1. The van der Waals surface area contributed by atoms with Crippen LogP contribution >= 0.6 is 11.8 Å². The number of amides is 1. The van der Waals surface area contributed by atoms with E-state index in [2.05, 4.69) is 13.8 Å². The van der Waals surface area contributed by atoms with Gasteiger partial charge < -0.3 is 10.0 Å². The average Bonchev–Trinajstić information content (AvgIpc) is 2.39. The fourth-order valence-corrected chi connectivity index (χ4v) is 2.92. The van der Waals surface area contributed by atoms with E-state index in [9.17, 15) is 9.90 Å². The first-order valence-corrected chi connectivity index (χ1v) is 7.79. The number of rotatable bonds is 6. The topological polar surface area (TPSA) is 40.5 Å². The molecule has 1 fully saturated rings. The highest BCUT2D eigenvalue weighted by molar-refractivity contribution is 7.99. The third-order valence-electron chi connectivity index (χ3n) is 3.93. The van der Waals surface area contributed by atoms with Crippen LogP contribution in [0.2, 0.25) is 0 Å². The zero-order chi connectivity index (χ0) is 12.7. The van der Waals surface area contributed by atoms with Crippen molar-refractivity contribution in [2.75, 3.05) is 31.2 Å². The molecule has 0 spiro atoms. The number of piperidine rings is 1. The molecule has 0 aromatic heterocycles. The molecule has 1 heterocycles. The van der Waals surface area contributed by atoms with Gasteiger partial charge in [-0.2, -0.15) is 11.8 Å². The summed E-state index contributed by atoms with van der Waals surface area (Å²) in [4.78, 5) is 13.9. The van der Waals surface area contributed by atoms with E-state index in [1.807, 2.05) is 16.7 Å². The van der Waals surface area contributed by atoms with E-state index in [-0.39, 0.29) is 17.9 Å². The van der Waals surface area contributed by atoms with E-state index in [0.717, 1.165) is 43.9 Å². The smallest absolute Gasteiger partial charge is 0.223 e. The van der Waals surface area contributed by atoms with Crippen LogP contribution in [0.5, 0.6) is 0 Å². The van der Waals surface area contributed by atoms with Gasteiger partial charge in [0.05, 0.1) is 0 Å². The molecule has 0 atom stereocenters. The third-order valence-corrected chi connectivity index (χ3v) is 4.83. The minimum atomic E-state index is 0.0783. The summed E-state index contributed by atoms with van der Waals surface area (Å²) in [5, 5.41) is 9.43. The lowest BCUT2D eigenvalue weighted by molar-refractivity contribution is -0.133. The Balaban J connectivity index is 2.33. The quantitative estimate of drug-likeness (QED) is 0.743. The van der Waals surface area contributed by atoms with E-state index in [0.29, 0.717) is 6.42 Å². The number of carbonyl (C=O) groups excluding carboxylic acids is 1. The Morgan fingerprint density at radius 2 is 2.00 bits per heavy atom. The first-order chi connectivity index (χ1) is 8.17. The molecule has 0 saturated carbocycles. The van der Waals surface area contributed by atoms with Crippen molar-refractivity contribution in [1.29, 1.82) is 0 Å². The number of aliphatic hydroxyl groups excluding tert-OH is 1. The lowest BCUT2D eigenvalue weighted by Gasteiger charge is -2.40. The molecule has 17 heavy (non-hydrogen) atoms. The van der Waals surface area contributed by atoms with Gasteiger partial charge in [0.15, 0.2) is 0 Å². The summed E-state index contributed by atoms with van der Waals surface area (Å²) < 4.78 is 0. The maximum absolute atomic E-state index is 11.9. The molecule has 1 aliphatic rings. The van der Waals surface area contributed by atoms with Crippen molar-refractivity contribution >= 4 is 17.7 Å². The summed E-state index contributed by atoms with van der Waals surface area (Å²) in [5.41, 5.74) is 0.0783. The molecule has 0 unspecified atom stereocenters. The van der Waals surface area contributed by atoms with Crippen molar-refractivity contribution in [2.24, 2.45) is 5.41 Å². The second-order valence-corrected chi connectivity index (χ2v) is 6.23. The van der Waals surface area contributed by atoms with Gasteiger partial charge in [0.25, 0.3) is 0 Å². The lowest BCUT2D eigenvalue weighted by atomic mass is 9.77. The molecule has 1 N–H and O–H groups in total. The predicted molar refractivity (Wildman–Crippen MR) is 73.2 cm³/mol. The van der Waals surface area contributed by atoms with Crippen molar-refractivity contribution in [1.82, 2.24) is 4.90 Å². The molecule has 0 aromatic rings. The zero-order valence-electron chi connectivity index (χ0n) is 11.1. The Bertz CT molecular complexity index is 232. The van der Waals surface area contributed by atoms with Crippen LogP contribution in [0.4, 0.5) is 0 Å². The van der Waals surface area contributed by atoms with Gasteiger partial charge in [0, 0.05) is 31.9 Å². The summed E-state index contributed by atoms with van der Waals surface area (Å²) in [6.45, 7) is 6.16. The molecule has 4 heteroatoms. The molecule has 1 rings (SSSR count). The van der Waals surface area contributed by atoms with E-state index >= 15 is 0 Å². The zero-order valence-corrected chi connectivity index (χ0v) is 11.9. The number of aliphatic hydroxyl groups is 1. The maximum atomic E-state index is 11.9. The van der Waals surface area contributed by atoms with Crippen molar-refractivity contribution in [2.45, 2.75) is 39.5 Å². The molecule has 1 aliphatic heterocycles. The van der Waals surface area contributed by atoms with Gasteiger partial charge in [0.1, 0.15) is 0 Å². The van der Waals surface area contributed by atoms with Gasteiger partial charge in [0.2, 0.25) is 5.91 Å². The van der Waals surface area contributed by atoms with Crippen molar-refractivity contribution < 1.29 is 9.90 Å². The SMILES string of the molecule is CCSCCC(=O)N1CCC(CC)(CO)CC1. The average molecular weight is 259 g/mol. The largest absolute Gasteiger partial charge is 0.396 e. The molecule has 0 radical (unpaired) electrons. The number of hydrogen-bond acceptors (Lipinski definition) is 3. The molecule has 0 aromatic carbocycles. The Labute approximate surface area is 109 Å². The monoisotopic (exact) mass is 259 g/mol. The molecule has 0 bridgehead atoms. The Hall–Kier alpha value is -0.220. The molecular formula is C13H25NO2S. The molecule has 100 valence electrons.